The van der Waals surface area contributed by atoms with Gasteiger partial charge in [0.15, 0.2) is 5.69 Å². The molecule has 0 radical (unpaired) electrons. The Morgan fingerprint density at radius 3 is 2.50 bits per heavy atom. The maximum absolute atomic E-state index is 12.6. The second kappa shape index (κ2) is 6.02. The minimum absolute atomic E-state index is 0.0131. The molecule has 0 fully saturated rings. The number of hydrogen-bond acceptors (Lipinski definition) is 4. The van der Waals surface area contributed by atoms with Crippen LogP contribution in [0.4, 0.5) is 22.0 Å². The van der Waals surface area contributed by atoms with Crippen LogP contribution in [0.1, 0.15) is 30.3 Å². The lowest BCUT2D eigenvalue weighted by atomic mass is 10.1. The third-order valence-electron chi connectivity index (χ3n) is 2.23. The molecule has 1 N–H and O–H groups in total. The molecular formula is C11H10F5NO3. The van der Waals surface area contributed by atoms with Gasteiger partial charge in [-0.2, -0.15) is 13.2 Å². The van der Waals surface area contributed by atoms with E-state index in [9.17, 15) is 31.9 Å². The van der Waals surface area contributed by atoms with Crippen molar-refractivity contribution >= 4 is 5.97 Å². The van der Waals surface area contributed by atoms with Gasteiger partial charge in [0.25, 0.3) is 6.43 Å². The predicted molar refractivity (Wildman–Crippen MR) is 56.2 cm³/mol. The van der Waals surface area contributed by atoms with Gasteiger partial charge in [-0.3, -0.25) is 4.79 Å². The number of ether oxygens (including phenoxy) is 1. The largest absolute Gasteiger partial charge is 0.506 e. The van der Waals surface area contributed by atoms with Crippen molar-refractivity contribution in [2.24, 2.45) is 0 Å². The van der Waals surface area contributed by atoms with Crippen LogP contribution in [-0.2, 0) is 22.1 Å². The van der Waals surface area contributed by atoms with Crippen LogP contribution in [0.3, 0.4) is 0 Å². The van der Waals surface area contributed by atoms with Crippen LogP contribution in [0.25, 0.3) is 0 Å². The molecule has 0 aliphatic carbocycles. The molecule has 0 atom stereocenters. The van der Waals surface area contributed by atoms with Gasteiger partial charge in [-0.1, -0.05) is 0 Å². The summed E-state index contributed by atoms with van der Waals surface area (Å²) in [5.74, 6) is -1.84. The van der Waals surface area contributed by atoms with Gasteiger partial charge >= 0.3 is 12.1 Å². The van der Waals surface area contributed by atoms with Crippen molar-refractivity contribution in [3.05, 3.63) is 23.0 Å². The van der Waals surface area contributed by atoms with E-state index in [-0.39, 0.29) is 12.7 Å². The molecule has 0 saturated heterocycles. The Kier molecular flexibility index (Phi) is 4.85. The Bertz CT molecular complexity index is 502. The van der Waals surface area contributed by atoms with Gasteiger partial charge < -0.3 is 9.84 Å². The van der Waals surface area contributed by atoms with E-state index < -0.39 is 47.7 Å². The molecule has 0 saturated carbocycles. The lowest BCUT2D eigenvalue weighted by Crippen LogP contribution is -2.16. The van der Waals surface area contributed by atoms with Crippen molar-refractivity contribution in [2.45, 2.75) is 25.9 Å². The molecule has 0 bridgehead atoms. The van der Waals surface area contributed by atoms with E-state index in [1.807, 2.05) is 0 Å². The van der Waals surface area contributed by atoms with Crippen LogP contribution in [0.15, 0.2) is 6.07 Å². The molecule has 1 heterocycles. The topological polar surface area (TPSA) is 59.4 Å². The molecular weight excluding hydrogens is 289 g/mol. The Balaban J connectivity index is 3.25. The quantitative estimate of drug-likeness (QED) is 0.686. The Morgan fingerprint density at radius 1 is 1.45 bits per heavy atom. The Hall–Kier alpha value is -1.93. The predicted octanol–water partition coefficient (Wildman–Crippen LogP) is 2.85. The Morgan fingerprint density at radius 2 is 2.05 bits per heavy atom. The highest BCUT2D eigenvalue weighted by atomic mass is 19.4. The van der Waals surface area contributed by atoms with E-state index in [4.69, 9.17) is 0 Å². The average Bonchev–Trinajstić information content (AvgIpc) is 2.29. The van der Waals surface area contributed by atoms with Crippen LogP contribution in [0, 0.1) is 0 Å². The Labute approximate surface area is 110 Å². The second-order valence-corrected chi connectivity index (χ2v) is 3.67. The number of alkyl halides is 5. The lowest BCUT2D eigenvalue weighted by molar-refractivity contribution is -0.145. The number of nitrogens with zero attached hydrogens (tertiary/aromatic N) is 1. The first-order valence-corrected chi connectivity index (χ1v) is 5.40. The molecule has 0 aliphatic rings. The monoisotopic (exact) mass is 299 g/mol. The van der Waals surface area contributed by atoms with Gasteiger partial charge in [-0.15, -0.1) is 0 Å². The maximum atomic E-state index is 12.6. The van der Waals surface area contributed by atoms with Crippen molar-refractivity contribution in [1.82, 2.24) is 4.98 Å². The summed E-state index contributed by atoms with van der Waals surface area (Å²) in [7, 11) is 0. The molecule has 0 amide bonds. The maximum Gasteiger partial charge on any atom is 0.433 e. The van der Waals surface area contributed by atoms with Crippen LogP contribution in [0.5, 0.6) is 5.75 Å². The van der Waals surface area contributed by atoms with Crippen molar-refractivity contribution in [2.75, 3.05) is 6.61 Å². The number of pyridine rings is 1. The standard InChI is InChI=1S/C11H10F5NO3/c1-2-20-8(19)4-6-7(18)3-5(10(12)13)9(17-6)11(14,15)16/h3,10,18H,2,4H2,1H3. The summed E-state index contributed by atoms with van der Waals surface area (Å²) in [6, 6.07) is 0.259. The number of rotatable bonds is 4. The number of esters is 1. The van der Waals surface area contributed by atoms with Crippen molar-refractivity contribution in [3.63, 3.8) is 0 Å². The van der Waals surface area contributed by atoms with Gasteiger partial charge in [0.05, 0.1) is 24.3 Å². The summed E-state index contributed by atoms with van der Waals surface area (Å²) >= 11 is 0. The molecule has 1 aromatic rings. The SMILES string of the molecule is CCOC(=O)Cc1nc(C(F)(F)F)c(C(F)F)cc1O. The smallest absolute Gasteiger partial charge is 0.433 e. The number of aromatic nitrogens is 1. The summed E-state index contributed by atoms with van der Waals surface area (Å²) in [5, 5.41) is 9.38. The molecule has 0 aromatic carbocycles. The zero-order chi connectivity index (χ0) is 15.5. The van der Waals surface area contributed by atoms with E-state index in [1.54, 1.807) is 0 Å². The molecule has 0 spiro atoms. The van der Waals surface area contributed by atoms with E-state index in [0.29, 0.717) is 0 Å². The van der Waals surface area contributed by atoms with Gasteiger partial charge in [0.2, 0.25) is 0 Å². The molecule has 9 heteroatoms. The van der Waals surface area contributed by atoms with E-state index in [1.165, 1.54) is 6.92 Å². The van der Waals surface area contributed by atoms with Gasteiger partial charge in [-0.05, 0) is 13.0 Å². The summed E-state index contributed by atoms with van der Waals surface area (Å²) in [4.78, 5) is 14.1. The fourth-order valence-electron chi connectivity index (χ4n) is 1.43. The van der Waals surface area contributed by atoms with Crippen LogP contribution >= 0.6 is 0 Å². The fraction of sp³-hybridized carbons (Fsp3) is 0.455. The first-order valence-electron chi connectivity index (χ1n) is 5.40. The highest BCUT2D eigenvalue weighted by Gasteiger charge is 2.39. The van der Waals surface area contributed by atoms with E-state index in [2.05, 4.69) is 9.72 Å². The highest BCUT2D eigenvalue weighted by Crippen LogP contribution is 2.37. The minimum atomic E-state index is -5.12. The van der Waals surface area contributed by atoms with Crippen molar-refractivity contribution in [3.8, 4) is 5.75 Å². The normalized spacial score (nSPS) is 11.8. The van der Waals surface area contributed by atoms with Crippen molar-refractivity contribution < 1.29 is 36.6 Å². The van der Waals surface area contributed by atoms with E-state index >= 15 is 0 Å². The number of carbonyl (C=O) groups is 1. The summed E-state index contributed by atoms with van der Waals surface area (Å²) in [6.45, 7) is 1.47. The lowest BCUT2D eigenvalue weighted by Gasteiger charge is -2.14. The minimum Gasteiger partial charge on any atom is -0.506 e. The molecule has 4 nitrogen and oxygen atoms in total. The number of aromatic hydroxyl groups is 1. The van der Waals surface area contributed by atoms with Gasteiger partial charge in [0, 0.05) is 0 Å². The molecule has 0 unspecified atom stereocenters. The first kappa shape index (κ1) is 16.1. The molecule has 1 rings (SSSR count). The first-order chi connectivity index (χ1) is 9.16. The van der Waals surface area contributed by atoms with Crippen LogP contribution in [0.2, 0.25) is 0 Å². The van der Waals surface area contributed by atoms with Crippen molar-refractivity contribution in [1.29, 1.82) is 0 Å². The summed E-state index contributed by atoms with van der Waals surface area (Å²) < 4.78 is 67.3. The van der Waals surface area contributed by atoms with Gasteiger partial charge in [0.1, 0.15) is 5.75 Å². The molecule has 0 aliphatic heterocycles. The van der Waals surface area contributed by atoms with Crippen LogP contribution < -0.4 is 0 Å². The molecule has 20 heavy (non-hydrogen) atoms. The third-order valence-corrected chi connectivity index (χ3v) is 2.23. The van der Waals surface area contributed by atoms with Crippen LogP contribution in [-0.4, -0.2) is 22.7 Å². The third kappa shape index (κ3) is 3.78. The number of carbonyl (C=O) groups excluding carboxylic acids is 1. The summed E-state index contributed by atoms with van der Waals surface area (Å²) in [5.41, 5.74) is -3.94. The van der Waals surface area contributed by atoms with Gasteiger partial charge in [-0.25, -0.2) is 13.8 Å². The van der Waals surface area contributed by atoms with E-state index in [0.717, 1.165) is 0 Å². The number of hydrogen-bond donors (Lipinski definition) is 1. The second-order valence-electron chi connectivity index (χ2n) is 3.67. The molecule has 1 aromatic heterocycles. The zero-order valence-electron chi connectivity index (χ0n) is 10.2. The average molecular weight is 299 g/mol. The zero-order valence-corrected chi connectivity index (χ0v) is 10.2. The molecule has 112 valence electrons. The highest BCUT2D eigenvalue weighted by molar-refractivity contribution is 5.72. The summed E-state index contributed by atoms with van der Waals surface area (Å²) in [6.07, 6.45) is -9.32. The number of halogens is 5. The fourth-order valence-corrected chi connectivity index (χ4v) is 1.43.